The standard InChI is InChI=1S/C14H25N5O3S/c1-11(2)8-13-9-18(10-14-16-15-12(3)19(13)14)23(20,21)17-4-6-22-7-5-17/h11,13H,4-10H2,1-3H3/t13-/m0/s1. The zero-order valence-corrected chi connectivity index (χ0v) is 14.8. The van der Waals surface area contributed by atoms with Crippen molar-refractivity contribution in [2.75, 3.05) is 32.8 Å². The van der Waals surface area contributed by atoms with Crippen LogP contribution in [0.25, 0.3) is 0 Å². The molecule has 1 atom stereocenters. The molecule has 0 aromatic carbocycles. The zero-order valence-electron chi connectivity index (χ0n) is 14.0. The summed E-state index contributed by atoms with van der Waals surface area (Å²) in [4.78, 5) is 0. The Bertz CT molecular complexity index is 651. The Labute approximate surface area is 137 Å². The summed E-state index contributed by atoms with van der Waals surface area (Å²) in [5.74, 6) is 2.06. The van der Waals surface area contributed by atoms with Crippen molar-refractivity contribution in [3.63, 3.8) is 0 Å². The third-order valence-electron chi connectivity index (χ3n) is 4.40. The van der Waals surface area contributed by atoms with Gasteiger partial charge in [0.1, 0.15) is 11.6 Å². The van der Waals surface area contributed by atoms with E-state index < -0.39 is 10.2 Å². The van der Waals surface area contributed by atoms with Crippen LogP contribution in [0.3, 0.4) is 0 Å². The van der Waals surface area contributed by atoms with E-state index in [1.54, 1.807) is 4.31 Å². The van der Waals surface area contributed by atoms with Gasteiger partial charge in [0, 0.05) is 19.6 Å². The van der Waals surface area contributed by atoms with Crippen molar-refractivity contribution >= 4 is 10.2 Å². The Hall–Kier alpha value is -1.03. The van der Waals surface area contributed by atoms with Crippen molar-refractivity contribution in [1.29, 1.82) is 0 Å². The molecule has 0 bridgehead atoms. The van der Waals surface area contributed by atoms with Gasteiger partial charge in [-0.2, -0.15) is 17.0 Å². The van der Waals surface area contributed by atoms with E-state index in [4.69, 9.17) is 4.74 Å². The average Bonchev–Trinajstić information content (AvgIpc) is 2.89. The van der Waals surface area contributed by atoms with Crippen LogP contribution < -0.4 is 0 Å². The Morgan fingerprint density at radius 3 is 2.57 bits per heavy atom. The van der Waals surface area contributed by atoms with Crippen LogP contribution >= 0.6 is 0 Å². The van der Waals surface area contributed by atoms with Gasteiger partial charge in [-0.3, -0.25) is 0 Å². The molecule has 130 valence electrons. The van der Waals surface area contributed by atoms with Gasteiger partial charge in [-0.05, 0) is 19.3 Å². The maximum absolute atomic E-state index is 12.9. The van der Waals surface area contributed by atoms with Gasteiger partial charge < -0.3 is 9.30 Å². The largest absolute Gasteiger partial charge is 0.379 e. The Morgan fingerprint density at radius 2 is 1.91 bits per heavy atom. The van der Waals surface area contributed by atoms with Gasteiger partial charge in [0.25, 0.3) is 10.2 Å². The molecule has 2 aliphatic rings. The molecule has 9 heteroatoms. The lowest BCUT2D eigenvalue weighted by atomic mass is 10.0. The molecular weight excluding hydrogens is 318 g/mol. The van der Waals surface area contributed by atoms with Gasteiger partial charge in [0.2, 0.25) is 0 Å². The monoisotopic (exact) mass is 343 g/mol. The number of hydrogen-bond acceptors (Lipinski definition) is 5. The minimum atomic E-state index is -3.48. The number of rotatable bonds is 4. The number of nitrogens with zero attached hydrogens (tertiary/aromatic N) is 5. The van der Waals surface area contributed by atoms with Crippen LogP contribution in [0.4, 0.5) is 0 Å². The molecule has 1 fully saturated rings. The van der Waals surface area contributed by atoms with Crippen LogP contribution in [0.5, 0.6) is 0 Å². The minimum absolute atomic E-state index is 0.0876. The molecule has 1 aromatic rings. The van der Waals surface area contributed by atoms with Crippen molar-refractivity contribution < 1.29 is 13.2 Å². The van der Waals surface area contributed by atoms with Crippen molar-refractivity contribution in [3.05, 3.63) is 11.6 Å². The summed E-state index contributed by atoms with van der Waals surface area (Å²) >= 11 is 0. The Kier molecular flexibility index (Phi) is 4.73. The summed E-state index contributed by atoms with van der Waals surface area (Å²) in [6, 6.07) is 0.0876. The molecule has 3 heterocycles. The van der Waals surface area contributed by atoms with Gasteiger partial charge in [0.15, 0.2) is 0 Å². The van der Waals surface area contributed by atoms with Crippen molar-refractivity contribution in [2.45, 2.75) is 39.8 Å². The molecule has 1 aromatic heterocycles. The van der Waals surface area contributed by atoms with E-state index in [1.165, 1.54) is 4.31 Å². The topological polar surface area (TPSA) is 80.6 Å². The predicted octanol–water partition coefficient (Wildman–Crippen LogP) is 0.566. The maximum Gasteiger partial charge on any atom is 0.282 e. The molecule has 3 rings (SSSR count). The van der Waals surface area contributed by atoms with Gasteiger partial charge in [-0.1, -0.05) is 13.8 Å². The van der Waals surface area contributed by atoms with E-state index >= 15 is 0 Å². The molecular formula is C14H25N5O3S. The molecule has 0 N–H and O–H groups in total. The number of aromatic nitrogens is 3. The second kappa shape index (κ2) is 6.46. The minimum Gasteiger partial charge on any atom is -0.379 e. The lowest BCUT2D eigenvalue weighted by Crippen LogP contribution is -2.51. The SMILES string of the molecule is Cc1nnc2n1[C@@H](CC(C)C)CN(S(=O)(=O)N1CCOCC1)C2. The molecule has 0 unspecified atom stereocenters. The molecule has 0 aliphatic carbocycles. The first-order valence-electron chi connectivity index (χ1n) is 8.13. The highest BCUT2D eigenvalue weighted by molar-refractivity contribution is 7.86. The van der Waals surface area contributed by atoms with Crippen molar-refractivity contribution in [3.8, 4) is 0 Å². The normalized spacial score (nSPS) is 24.1. The molecule has 0 radical (unpaired) electrons. The summed E-state index contributed by atoms with van der Waals surface area (Å²) in [6.07, 6.45) is 0.904. The van der Waals surface area contributed by atoms with E-state index in [-0.39, 0.29) is 12.6 Å². The molecule has 8 nitrogen and oxygen atoms in total. The highest BCUT2D eigenvalue weighted by Gasteiger charge is 2.38. The molecule has 0 spiro atoms. The van der Waals surface area contributed by atoms with Gasteiger partial charge in [-0.15, -0.1) is 10.2 Å². The number of ether oxygens (including phenoxy) is 1. The Balaban J connectivity index is 1.87. The van der Waals surface area contributed by atoms with Crippen molar-refractivity contribution in [2.24, 2.45) is 5.92 Å². The zero-order chi connectivity index (χ0) is 16.6. The summed E-state index contributed by atoms with van der Waals surface area (Å²) in [5, 5.41) is 8.33. The van der Waals surface area contributed by atoms with Crippen LogP contribution in [0.2, 0.25) is 0 Å². The number of fused-ring (bicyclic) bond motifs is 1. The van der Waals surface area contributed by atoms with E-state index in [0.717, 1.165) is 18.1 Å². The Morgan fingerprint density at radius 1 is 1.22 bits per heavy atom. The lowest BCUT2D eigenvalue weighted by Gasteiger charge is -2.37. The van der Waals surface area contributed by atoms with E-state index in [1.807, 2.05) is 6.92 Å². The number of morpholine rings is 1. The van der Waals surface area contributed by atoms with Gasteiger partial charge >= 0.3 is 0 Å². The second-order valence-electron chi connectivity index (χ2n) is 6.63. The van der Waals surface area contributed by atoms with Gasteiger partial charge in [0.05, 0.1) is 25.8 Å². The fourth-order valence-electron chi connectivity index (χ4n) is 3.38. The first kappa shape index (κ1) is 16.8. The molecule has 0 amide bonds. The molecule has 1 saturated heterocycles. The second-order valence-corrected chi connectivity index (χ2v) is 8.56. The number of aryl methyl sites for hydroxylation is 1. The van der Waals surface area contributed by atoms with Gasteiger partial charge in [-0.25, -0.2) is 0 Å². The quantitative estimate of drug-likeness (QED) is 0.798. The molecule has 0 saturated carbocycles. The lowest BCUT2D eigenvalue weighted by molar-refractivity contribution is 0.0689. The molecule has 2 aliphatic heterocycles. The van der Waals surface area contributed by atoms with E-state index in [0.29, 0.717) is 38.8 Å². The number of hydrogen-bond donors (Lipinski definition) is 0. The molecule has 23 heavy (non-hydrogen) atoms. The third kappa shape index (κ3) is 3.28. The van der Waals surface area contributed by atoms with Crippen LogP contribution in [0.1, 0.15) is 38.0 Å². The van der Waals surface area contributed by atoms with Crippen LogP contribution in [-0.4, -0.2) is 64.6 Å². The van der Waals surface area contributed by atoms with E-state index in [9.17, 15) is 8.42 Å². The van der Waals surface area contributed by atoms with E-state index in [2.05, 4.69) is 28.6 Å². The maximum atomic E-state index is 12.9. The average molecular weight is 343 g/mol. The fraction of sp³-hybridized carbons (Fsp3) is 0.857. The van der Waals surface area contributed by atoms with Crippen molar-refractivity contribution in [1.82, 2.24) is 23.4 Å². The first-order chi connectivity index (χ1) is 10.9. The summed E-state index contributed by atoms with van der Waals surface area (Å²) in [5.41, 5.74) is 0. The van der Waals surface area contributed by atoms with Crippen LogP contribution in [0.15, 0.2) is 0 Å². The highest BCUT2D eigenvalue weighted by Crippen LogP contribution is 2.29. The van der Waals surface area contributed by atoms with Crippen LogP contribution in [0, 0.1) is 12.8 Å². The predicted molar refractivity (Wildman–Crippen MR) is 85.0 cm³/mol. The highest BCUT2D eigenvalue weighted by atomic mass is 32.2. The third-order valence-corrected chi connectivity index (χ3v) is 6.35. The van der Waals surface area contributed by atoms with Crippen LogP contribution in [-0.2, 0) is 21.5 Å². The smallest absolute Gasteiger partial charge is 0.282 e. The summed E-state index contributed by atoms with van der Waals surface area (Å²) in [7, 11) is -3.48. The first-order valence-corrected chi connectivity index (χ1v) is 9.52. The summed E-state index contributed by atoms with van der Waals surface area (Å²) in [6.45, 7) is 8.73. The summed E-state index contributed by atoms with van der Waals surface area (Å²) < 4.78 is 36.3. The fourth-order valence-corrected chi connectivity index (χ4v) is 4.95.